The lowest BCUT2D eigenvalue weighted by atomic mass is 10.0. The second-order valence-corrected chi connectivity index (χ2v) is 8.05. The Balaban J connectivity index is 1.50. The van der Waals surface area contributed by atoms with Crippen LogP contribution in [0.25, 0.3) is 10.9 Å². The summed E-state index contributed by atoms with van der Waals surface area (Å²) in [6.45, 7) is 0.701. The SMILES string of the molecule is CN(C(=O)c1cc2c3c(c(N)nc2cc1Cl)COC3)[C@H]1COc2cc(C(F)(F)F)ncc21. The molecule has 0 radical (unpaired) electrons. The van der Waals surface area contributed by atoms with Gasteiger partial charge >= 0.3 is 6.18 Å². The Morgan fingerprint density at radius 1 is 1.25 bits per heavy atom. The second-order valence-electron chi connectivity index (χ2n) is 7.64. The quantitative estimate of drug-likeness (QED) is 0.613. The van der Waals surface area contributed by atoms with Gasteiger partial charge in [0.15, 0.2) is 0 Å². The van der Waals surface area contributed by atoms with Gasteiger partial charge in [-0.05, 0) is 17.7 Å². The Hall–Kier alpha value is -3.11. The lowest BCUT2D eigenvalue weighted by molar-refractivity contribution is -0.141. The van der Waals surface area contributed by atoms with Crippen LogP contribution in [0.4, 0.5) is 19.0 Å². The van der Waals surface area contributed by atoms with Gasteiger partial charge in [-0.3, -0.25) is 9.78 Å². The summed E-state index contributed by atoms with van der Waals surface area (Å²) in [5.41, 5.74) is 7.78. The van der Waals surface area contributed by atoms with Crippen LogP contribution in [0.1, 0.15) is 38.8 Å². The minimum atomic E-state index is -4.59. The van der Waals surface area contributed by atoms with Gasteiger partial charge in [0.25, 0.3) is 5.91 Å². The largest absolute Gasteiger partial charge is 0.491 e. The molecule has 5 rings (SSSR count). The molecule has 0 fully saturated rings. The molecule has 0 spiro atoms. The van der Waals surface area contributed by atoms with E-state index < -0.39 is 23.8 Å². The highest BCUT2D eigenvalue weighted by Gasteiger charge is 2.37. The zero-order chi connectivity index (χ0) is 22.8. The molecule has 1 amide bonds. The molecule has 166 valence electrons. The summed E-state index contributed by atoms with van der Waals surface area (Å²) in [6.07, 6.45) is -3.49. The molecule has 7 nitrogen and oxygen atoms in total. The number of hydrogen-bond acceptors (Lipinski definition) is 6. The van der Waals surface area contributed by atoms with Crippen molar-refractivity contribution < 1.29 is 27.4 Å². The van der Waals surface area contributed by atoms with Gasteiger partial charge in [-0.1, -0.05) is 11.6 Å². The number of carbonyl (C=O) groups excluding carboxylic acids is 1. The summed E-state index contributed by atoms with van der Waals surface area (Å²) in [7, 11) is 1.54. The summed E-state index contributed by atoms with van der Waals surface area (Å²) >= 11 is 6.40. The number of alkyl halides is 3. The Morgan fingerprint density at radius 3 is 2.75 bits per heavy atom. The first kappa shape index (κ1) is 20.8. The van der Waals surface area contributed by atoms with Crippen LogP contribution < -0.4 is 10.5 Å². The molecular formula is C21H16ClF3N4O3. The molecule has 0 bridgehead atoms. The smallest absolute Gasteiger partial charge is 0.433 e. The number of nitrogen functional groups attached to an aromatic ring is 1. The minimum Gasteiger partial charge on any atom is -0.491 e. The lowest BCUT2D eigenvalue weighted by Crippen LogP contribution is -2.32. The number of pyridine rings is 2. The van der Waals surface area contributed by atoms with Crippen molar-refractivity contribution >= 4 is 34.2 Å². The first-order chi connectivity index (χ1) is 15.1. The third-order valence-corrected chi connectivity index (χ3v) is 6.09. The van der Waals surface area contributed by atoms with Crippen LogP contribution in [0, 0.1) is 0 Å². The van der Waals surface area contributed by atoms with E-state index in [9.17, 15) is 18.0 Å². The van der Waals surface area contributed by atoms with E-state index in [1.54, 1.807) is 19.2 Å². The Morgan fingerprint density at radius 2 is 2.00 bits per heavy atom. The molecule has 2 aromatic heterocycles. The predicted molar refractivity (Wildman–Crippen MR) is 109 cm³/mol. The molecule has 2 aliphatic heterocycles. The van der Waals surface area contributed by atoms with Gasteiger partial charge < -0.3 is 20.1 Å². The molecular weight excluding hydrogens is 449 g/mol. The summed E-state index contributed by atoms with van der Waals surface area (Å²) < 4.78 is 49.7. The average Bonchev–Trinajstić information content (AvgIpc) is 3.39. The van der Waals surface area contributed by atoms with Crippen LogP contribution >= 0.6 is 11.6 Å². The Kier molecular flexibility index (Phi) is 4.68. The third kappa shape index (κ3) is 3.21. The second kappa shape index (κ2) is 7.21. The third-order valence-electron chi connectivity index (χ3n) is 5.78. The summed E-state index contributed by atoms with van der Waals surface area (Å²) in [4.78, 5) is 22.5. The van der Waals surface area contributed by atoms with E-state index in [-0.39, 0.29) is 22.9 Å². The number of likely N-dealkylation sites (N-methyl/N-ethyl adjacent to an activating group) is 1. The molecule has 0 saturated heterocycles. The molecule has 0 saturated carbocycles. The Labute approximate surface area is 184 Å². The van der Waals surface area contributed by atoms with E-state index in [0.717, 1.165) is 23.4 Å². The number of halogens is 4. The van der Waals surface area contributed by atoms with Crippen LogP contribution in [0.2, 0.25) is 5.02 Å². The number of anilines is 1. The number of benzene rings is 1. The molecule has 0 aliphatic carbocycles. The predicted octanol–water partition coefficient (Wildman–Crippen LogP) is 4.12. The maximum absolute atomic E-state index is 13.3. The number of hydrogen-bond donors (Lipinski definition) is 1. The van der Waals surface area contributed by atoms with Crippen LogP contribution in [0.15, 0.2) is 24.4 Å². The van der Waals surface area contributed by atoms with Gasteiger partial charge in [-0.15, -0.1) is 0 Å². The maximum Gasteiger partial charge on any atom is 0.433 e. The van der Waals surface area contributed by atoms with Crippen LogP contribution in [0.5, 0.6) is 5.75 Å². The fraction of sp³-hybridized carbons (Fsp3) is 0.286. The number of fused-ring (bicyclic) bond motifs is 4. The fourth-order valence-corrected chi connectivity index (χ4v) is 4.28. The normalized spacial score (nSPS) is 17.2. The highest BCUT2D eigenvalue weighted by atomic mass is 35.5. The zero-order valence-electron chi connectivity index (χ0n) is 16.7. The van der Waals surface area contributed by atoms with Gasteiger partial charge in [0, 0.05) is 35.8 Å². The van der Waals surface area contributed by atoms with Crippen LogP contribution in [-0.2, 0) is 24.1 Å². The number of nitrogens with two attached hydrogens (primary N) is 1. The van der Waals surface area contributed by atoms with Gasteiger partial charge in [0.05, 0.1) is 35.4 Å². The number of rotatable bonds is 2. The van der Waals surface area contributed by atoms with Crippen molar-refractivity contribution in [1.82, 2.24) is 14.9 Å². The van der Waals surface area contributed by atoms with Crippen molar-refractivity contribution in [2.75, 3.05) is 19.4 Å². The van der Waals surface area contributed by atoms with Crippen molar-refractivity contribution in [2.45, 2.75) is 25.4 Å². The van der Waals surface area contributed by atoms with Gasteiger partial charge in [-0.2, -0.15) is 13.2 Å². The number of carbonyl (C=O) groups is 1. The van der Waals surface area contributed by atoms with Crippen molar-refractivity contribution in [3.8, 4) is 5.75 Å². The van der Waals surface area contributed by atoms with E-state index >= 15 is 0 Å². The van der Waals surface area contributed by atoms with Crippen molar-refractivity contribution in [1.29, 1.82) is 0 Å². The molecule has 11 heteroatoms. The van der Waals surface area contributed by atoms with E-state index in [1.165, 1.54) is 4.90 Å². The van der Waals surface area contributed by atoms with Crippen LogP contribution in [0.3, 0.4) is 0 Å². The number of amides is 1. The minimum absolute atomic E-state index is 0.00704. The summed E-state index contributed by atoms with van der Waals surface area (Å²) in [5.74, 6) is 0.00154. The van der Waals surface area contributed by atoms with E-state index in [0.29, 0.717) is 35.5 Å². The first-order valence-electron chi connectivity index (χ1n) is 9.60. The summed E-state index contributed by atoms with van der Waals surface area (Å²) in [5, 5.41) is 0.900. The zero-order valence-corrected chi connectivity index (χ0v) is 17.4. The standard InChI is InChI=1S/C21H16ClF3N4O3/c1-29(16-8-32-17-4-18(21(23,24)25)27-5-11(16)17)20(30)10-2-9-12-6-31-7-13(12)19(26)28-15(9)3-14(10)22/h2-5,16H,6-8H2,1H3,(H2,26,28)/t16-/m0/s1. The van der Waals surface area contributed by atoms with Gasteiger partial charge in [0.2, 0.25) is 0 Å². The highest BCUT2D eigenvalue weighted by Crippen LogP contribution is 2.40. The molecule has 32 heavy (non-hydrogen) atoms. The number of aromatic nitrogens is 2. The van der Waals surface area contributed by atoms with E-state index in [2.05, 4.69) is 9.97 Å². The highest BCUT2D eigenvalue weighted by molar-refractivity contribution is 6.34. The van der Waals surface area contributed by atoms with Crippen molar-refractivity contribution in [3.63, 3.8) is 0 Å². The van der Waals surface area contributed by atoms with Crippen LogP contribution in [-0.4, -0.2) is 34.4 Å². The first-order valence-corrected chi connectivity index (χ1v) is 9.98. The molecule has 3 aromatic rings. The molecule has 1 atom stereocenters. The fourth-order valence-electron chi connectivity index (χ4n) is 4.04. The monoisotopic (exact) mass is 464 g/mol. The molecule has 2 aliphatic rings. The maximum atomic E-state index is 13.3. The number of ether oxygens (including phenoxy) is 2. The van der Waals surface area contributed by atoms with E-state index in [4.69, 9.17) is 26.8 Å². The molecule has 4 heterocycles. The summed E-state index contributed by atoms with van der Waals surface area (Å²) in [6, 6.07) is 3.45. The van der Waals surface area contributed by atoms with Gasteiger partial charge in [0.1, 0.15) is 23.9 Å². The van der Waals surface area contributed by atoms with E-state index in [1.807, 2.05) is 0 Å². The average molecular weight is 465 g/mol. The molecule has 1 aromatic carbocycles. The lowest BCUT2D eigenvalue weighted by Gasteiger charge is -2.24. The van der Waals surface area contributed by atoms with Crippen molar-refractivity contribution in [2.24, 2.45) is 0 Å². The molecule has 2 N–H and O–H groups in total. The Bertz CT molecular complexity index is 1280. The molecule has 0 unspecified atom stereocenters. The van der Waals surface area contributed by atoms with Gasteiger partial charge in [-0.25, -0.2) is 4.98 Å². The number of nitrogens with zero attached hydrogens (tertiary/aromatic N) is 3. The topological polar surface area (TPSA) is 90.6 Å². The van der Waals surface area contributed by atoms with Crippen molar-refractivity contribution in [3.05, 3.63) is 57.4 Å².